The highest BCUT2D eigenvalue weighted by molar-refractivity contribution is 6.09. The normalized spacial score (nSPS) is 10.9. The number of para-hydroxylation sites is 3. The van der Waals surface area contributed by atoms with Crippen LogP contribution in [-0.2, 0) is 0 Å². The number of nitrogens with zero attached hydrogens (tertiary/aromatic N) is 4. The average molecular weight is 507 g/mol. The summed E-state index contributed by atoms with van der Waals surface area (Å²) in [4.78, 5) is 0. The second-order valence-electron chi connectivity index (χ2n) is 9.25. The van der Waals surface area contributed by atoms with Crippen molar-refractivity contribution in [2.75, 3.05) is 0 Å². The van der Waals surface area contributed by atoms with Gasteiger partial charge in [-0.1, -0.05) is 92.7 Å². The summed E-state index contributed by atoms with van der Waals surface area (Å²) < 4.78 is 4.48. The second kappa shape index (κ2) is 10.4. The van der Waals surface area contributed by atoms with E-state index in [-0.39, 0.29) is 0 Å². The molecule has 0 fully saturated rings. The molecule has 2 aromatic heterocycles. The minimum atomic E-state index is 0.818. The average Bonchev–Trinajstić information content (AvgIpc) is 3.59. The maximum Gasteiger partial charge on any atom is 0.169 e. The van der Waals surface area contributed by atoms with Crippen LogP contribution in [0.3, 0.4) is 0 Å². The van der Waals surface area contributed by atoms with Gasteiger partial charge in [-0.2, -0.15) is 0 Å². The fourth-order valence-corrected chi connectivity index (χ4v) is 5.25. The third kappa shape index (κ3) is 4.20. The lowest BCUT2D eigenvalue weighted by Crippen LogP contribution is -2.01. The molecule has 0 amide bonds. The molecule has 4 heteroatoms. The Bertz CT molecular complexity index is 1820. The molecule has 0 radical (unpaired) electrons. The number of aryl methyl sites for hydroxylation is 1. The topological polar surface area (TPSA) is 35.6 Å². The van der Waals surface area contributed by atoms with Crippen LogP contribution in [0, 0.1) is 6.92 Å². The molecule has 0 aliphatic carbocycles. The molecule has 2 heterocycles. The minimum absolute atomic E-state index is 0.818. The van der Waals surface area contributed by atoms with E-state index in [0.29, 0.717) is 0 Å². The number of hydrogen-bond donors (Lipinski definition) is 0. The largest absolute Gasteiger partial charge is 0.309 e. The van der Waals surface area contributed by atoms with Crippen LogP contribution in [0.5, 0.6) is 0 Å². The smallest absolute Gasteiger partial charge is 0.169 e. The SMILES string of the molecule is CC.Cc1ccccc1-c1nnc(-c2ccc(-n3c4ccccc4c4ccccc43)cc2)n1-c1ccccc1. The molecule has 0 saturated carbocycles. The van der Waals surface area contributed by atoms with Crippen molar-refractivity contribution in [2.45, 2.75) is 20.8 Å². The zero-order valence-corrected chi connectivity index (χ0v) is 22.4. The summed E-state index contributed by atoms with van der Waals surface area (Å²) in [5.41, 5.74) is 7.81. The lowest BCUT2D eigenvalue weighted by Gasteiger charge is -2.13. The zero-order chi connectivity index (χ0) is 26.8. The van der Waals surface area contributed by atoms with Crippen molar-refractivity contribution in [3.05, 3.63) is 133 Å². The van der Waals surface area contributed by atoms with Gasteiger partial charge in [-0.3, -0.25) is 4.57 Å². The summed E-state index contributed by atoms with van der Waals surface area (Å²) in [5, 5.41) is 11.9. The molecule has 0 N–H and O–H groups in total. The first-order valence-corrected chi connectivity index (χ1v) is 13.5. The van der Waals surface area contributed by atoms with Crippen molar-refractivity contribution in [3.8, 4) is 34.2 Å². The number of benzene rings is 5. The van der Waals surface area contributed by atoms with Crippen LogP contribution in [0.1, 0.15) is 19.4 Å². The molecule has 0 aliphatic rings. The van der Waals surface area contributed by atoms with Crippen molar-refractivity contribution >= 4 is 21.8 Å². The van der Waals surface area contributed by atoms with Gasteiger partial charge in [-0.05, 0) is 61.0 Å². The molecule has 0 atom stereocenters. The highest BCUT2D eigenvalue weighted by Gasteiger charge is 2.19. The lowest BCUT2D eigenvalue weighted by atomic mass is 10.1. The summed E-state index contributed by atoms with van der Waals surface area (Å²) in [7, 11) is 0. The molecule has 7 aromatic rings. The third-order valence-corrected chi connectivity index (χ3v) is 7.03. The van der Waals surface area contributed by atoms with Crippen molar-refractivity contribution in [1.82, 2.24) is 19.3 Å². The molecule has 5 aromatic carbocycles. The molecule has 0 unspecified atom stereocenters. The van der Waals surface area contributed by atoms with Crippen LogP contribution in [-0.4, -0.2) is 19.3 Å². The molecule has 0 bridgehead atoms. The molecule has 4 nitrogen and oxygen atoms in total. The van der Waals surface area contributed by atoms with Gasteiger partial charge >= 0.3 is 0 Å². The lowest BCUT2D eigenvalue weighted by molar-refractivity contribution is 1.07. The standard InChI is InChI=1S/C33H24N4.C2H6/c1-23-11-5-6-14-27(23)33-35-34-32(37(33)25-12-3-2-4-13-25)24-19-21-26(22-20-24)36-30-17-9-7-15-28(30)29-16-8-10-18-31(29)36;1-2/h2-22H,1H3;1-2H3. The van der Waals surface area contributed by atoms with Crippen molar-refractivity contribution < 1.29 is 0 Å². The summed E-state index contributed by atoms with van der Waals surface area (Å²) >= 11 is 0. The van der Waals surface area contributed by atoms with Crippen molar-refractivity contribution in [2.24, 2.45) is 0 Å². The van der Waals surface area contributed by atoms with Crippen molar-refractivity contribution in [1.29, 1.82) is 0 Å². The maximum absolute atomic E-state index is 4.68. The van der Waals surface area contributed by atoms with Gasteiger partial charge in [0, 0.05) is 33.3 Å². The fourth-order valence-electron chi connectivity index (χ4n) is 5.25. The quantitative estimate of drug-likeness (QED) is 0.239. The number of hydrogen-bond acceptors (Lipinski definition) is 2. The highest BCUT2D eigenvalue weighted by atomic mass is 15.3. The van der Waals surface area contributed by atoms with E-state index in [9.17, 15) is 0 Å². The first-order chi connectivity index (χ1) is 19.3. The van der Waals surface area contributed by atoms with Gasteiger partial charge < -0.3 is 4.57 Å². The van der Waals surface area contributed by atoms with Gasteiger partial charge in [0.15, 0.2) is 11.6 Å². The Morgan fingerprint density at radius 3 is 1.62 bits per heavy atom. The summed E-state index contributed by atoms with van der Waals surface area (Å²) in [6.45, 7) is 6.11. The van der Waals surface area contributed by atoms with E-state index in [1.165, 1.54) is 27.4 Å². The molecule has 190 valence electrons. The van der Waals surface area contributed by atoms with E-state index in [4.69, 9.17) is 0 Å². The van der Waals surface area contributed by atoms with Crippen LogP contribution >= 0.6 is 0 Å². The Hall–Kier alpha value is -4.96. The predicted octanol–water partition coefficient (Wildman–Crippen LogP) is 9.03. The van der Waals surface area contributed by atoms with Gasteiger partial charge in [0.25, 0.3) is 0 Å². The molecule has 7 rings (SSSR count). The minimum Gasteiger partial charge on any atom is -0.309 e. The van der Waals surface area contributed by atoms with Crippen LogP contribution in [0.4, 0.5) is 0 Å². The molecule has 0 spiro atoms. The Kier molecular flexibility index (Phi) is 6.52. The molecule has 0 saturated heterocycles. The monoisotopic (exact) mass is 506 g/mol. The van der Waals surface area contributed by atoms with Crippen LogP contribution in [0.25, 0.3) is 56.0 Å². The van der Waals surface area contributed by atoms with Crippen LogP contribution < -0.4 is 0 Å². The van der Waals surface area contributed by atoms with Gasteiger partial charge in [0.05, 0.1) is 11.0 Å². The van der Waals surface area contributed by atoms with Gasteiger partial charge in [-0.15, -0.1) is 10.2 Å². The highest BCUT2D eigenvalue weighted by Crippen LogP contribution is 2.34. The van der Waals surface area contributed by atoms with Gasteiger partial charge in [0.1, 0.15) is 0 Å². The molecule has 39 heavy (non-hydrogen) atoms. The summed E-state index contributed by atoms with van der Waals surface area (Å²) in [5.74, 6) is 1.66. The Labute approximate surface area is 228 Å². The second-order valence-corrected chi connectivity index (χ2v) is 9.25. The summed E-state index contributed by atoms with van der Waals surface area (Å²) in [6.07, 6.45) is 0. The number of rotatable bonds is 4. The number of fused-ring (bicyclic) bond motifs is 3. The maximum atomic E-state index is 4.68. The Morgan fingerprint density at radius 1 is 0.462 bits per heavy atom. The van der Waals surface area contributed by atoms with E-state index in [1.54, 1.807) is 0 Å². The van der Waals surface area contributed by atoms with E-state index >= 15 is 0 Å². The molecule has 0 aliphatic heterocycles. The third-order valence-electron chi connectivity index (χ3n) is 7.03. The first kappa shape index (κ1) is 24.4. The Balaban J connectivity index is 0.00000135. The Morgan fingerprint density at radius 2 is 0.974 bits per heavy atom. The van der Waals surface area contributed by atoms with Gasteiger partial charge in [0.2, 0.25) is 0 Å². The van der Waals surface area contributed by atoms with Crippen LogP contribution in [0.15, 0.2) is 127 Å². The summed E-state index contributed by atoms with van der Waals surface area (Å²) in [6, 6.07) is 44.4. The first-order valence-electron chi connectivity index (χ1n) is 13.5. The van der Waals surface area contributed by atoms with Crippen LogP contribution in [0.2, 0.25) is 0 Å². The van der Waals surface area contributed by atoms with E-state index < -0.39 is 0 Å². The predicted molar refractivity (Wildman–Crippen MR) is 163 cm³/mol. The van der Waals surface area contributed by atoms with E-state index in [0.717, 1.165) is 34.2 Å². The zero-order valence-electron chi connectivity index (χ0n) is 22.4. The van der Waals surface area contributed by atoms with E-state index in [2.05, 4.69) is 129 Å². The van der Waals surface area contributed by atoms with E-state index in [1.807, 2.05) is 38.1 Å². The molecular weight excluding hydrogens is 476 g/mol. The van der Waals surface area contributed by atoms with Gasteiger partial charge in [-0.25, -0.2) is 0 Å². The molecular formula is C35H30N4. The number of aromatic nitrogens is 4. The fraction of sp³-hybridized carbons (Fsp3) is 0.0857. The van der Waals surface area contributed by atoms with Crippen molar-refractivity contribution in [3.63, 3.8) is 0 Å².